The third kappa shape index (κ3) is 3.97. The molecule has 6 nitrogen and oxygen atoms in total. The molecule has 0 fully saturated rings. The van der Waals surface area contributed by atoms with Crippen LogP contribution in [-0.2, 0) is 0 Å². The summed E-state index contributed by atoms with van der Waals surface area (Å²) in [7, 11) is 1.61. The van der Waals surface area contributed by atoms with E-state index in [1.165, 1.54) is 0 Å². The highest BCUT2D eigenvalue weighted by atomic mass is 35.5. The molecule has 0 unspecified atom stereocenters. The molecule has 0 spiro atoms. The average molecular weight is 356 g/mol. The molecule has 0 amide bonds. The van der Waals surface area contributed by atoms with Gasteiger partial charge in [-0.05, 0) is 43.2 Å². The Balaban J connectivity index is 1.85. The summed E-state index contributed by atoms with van der Waals surface area (Å²) in [6, 6.07) is 11.5. The van der Waals surface area contributed by atoms with Crippen LogP contribution in [0.5, 0.6) is 5.75 Å². The highest BCUT2D eigenvalue weighted by Crippen LogP contribution is 2.30. The second kappa shape index (κ2) is 7.36. The monoisotopic (exact) mass is 355 g/mol. The fourth-order valence-corrected chi connectivity index (χ4v) is 2.86. The van der Waals surface area contributed by atoms with E-state index in [1.807, 2.05) is 44.2 Å². The molecule has 1 heterocycles. The number of benzene rings is 2. The van der Waals surface area contributed by atoms with Crippen molar-refractivity contribution >= 4 is 34.7 Å². The van der Waals surface area contributed by atoms with Gasteiger partial charge in [-0.2, -0.15) is 10.1 Å². The summed E-state index contributed by atoms with van der Waals surface area (Å²) < 4.78 is 5.31. The number of anilines is 4. The zero-order valence-corrected chi connectivity index (χ0v) is 14.9. The topological polar surface area (TPSA) is 72.0 Å². The molecular weight excluding hydrogens is 338 g/mol. The molecule has 128 valence electrons. The van der Waals surface area contributed by atoms with E-state index in [4.69, 9.17) is 16.3 Å². The van der Waals surface area contributed by atoms with Crippen molar-refractivity contribution in [3.05, 3.63) is 58.7 Å². The van der Waals surface area contributed by atoms with Gasteiger partial charge in [0.15, 0.2) is 5.82 Å². The van der Waals surface area contributed by atoms with Crippen LogP contribution in [0.3, 0.4) is 0 Å². The average Bonchev–Trinajstić information content (AvgIpc) is 2.59. The van der Waals surface area contributed by atoms with Crippen molar-refractivity contribution < 1.29 is 4.74 Å². The molecule has 3 rings (SSSR count). The molecule has 0 atom stereocenters. The van der Waals surface area contributed by atoms with E-state index in [0.29, 0.717) is 22.5 Å². The van der Waals surface area contributed by atoms with Gasteiger partial charge in [-0.15, -0.1) is 5.10 Å². The lowest BCUT2D eigenvalue weighted by Gasteiger charge is -2.13. The Morgan fingerprint density at radius 3 is 2.64 bits per heavy atom. The third-order valence-corrected chi connectivity index (χ3v) is 3.90. The van der Waals surface area contributed by atoms with Crippen molar-refractivity contribution in [2.24, 2.45) is 0 Å². The van der Waals surface area contributed by atoms with Gasteiger partial charge >= 0.3 is 0 Å². The van der Waals surface area contributed by atoms with E-state index in [1.54, 1.807) is 13.3 Å². The van der Waals surface area contributed by atoms with E-state index in [0.717, 1.165) is 22.5 Å². The predicted molar refractivity (Wildman–Crippen MR) is 100 cm³/mol. The predicted octanol–water partition coefficient (Wildman–Crippen LogP) is 4.64. The molecule has 0 aliphatic heterocycles. The number of aryl methyl sites for hydroxylation is 2. The van der Waals surface area contributed by atoms with Gasteiger partial charge in [-0.1, -0.05) is 29.8 Å². The first kappa shape index (κ1) is 17.0. The minimum absolute atomic E-state index is 0.357. The molecule has 0 radical (unpaired) electrons. The zero-order valence-electron chi connectivity index (χ0n) is 14.2. The zero-order chi connectivity index (χ0) is 17.8. The number of para-hydroxylation sites is 2. The number of ether oxygens (including phenoxy) is 1. The van der Waals surface area contributed by atoms with Crippen molar-refractivity contribution in [2.45, 2.75) is 13.8 Å². The second-order valence-corrected chi connectivity index (χ2v) is 5.96. The van der Waals surface area contributed by atoms with Crippen LogP contribution in [0, 0.1) is 13.8 Å². The highest BCUT2D eigenvalue weighted by molar-refractivity contribution is 6.33. The van der Waals surface area contributed by atoms with Crippen LogP contribution in [0.25, 0.3) is 0 Å². The molecule has 0 bridgehead atoms. The number of methoxy groups -OCH3 is 1. The first-order valence-electron chi connectivity index (χ1n) is 7.70. The third-order valence-electron chi connectivity index (χ3n) is 3.60. The van der Waals surface area contributed by atoms with Crippen molar-refractivity contribution in [1.82, 2.24) is 15.2 Å². The summed E-state index contributed by atoms with van der Waals surface area (Å²) in [5.74, 6) is 1.60. The number of rotatable bonds is 5. The Bertz CT molecular complexity index is 877. The minimum Gasteiger partial charge on any atom is -0.495 e. The van der Waals surface area contributed by atoms with Crippen molar-refractivity contribution in [1.29, 1.82) is 0 Å². The quantitative estimate of drug-likeness (QED) is 0.694. The molecule has 25 heavy (non-hydrogen) atoms. The van der Waals surface area contributed by atoms with Gasteiger partial charge in [0.25, 0.3) is 0 Å². The highest BCUT2D eigenvalue weighted by Gasteiger charge is 2.09. The van der Waals surface area contributed by atoms with Crippen LogP contribution in [0.4, 0.5) is 23.1 Å². The van der Waals surface area contributed by atoms with Crippen LogP contribution < -0.4 is 15.4 Å². The minimum atomic E-state index is 0.357. The number of nitrogens with one attached hydrogen (secondary N) is 2. The molecular formula is C18H18ClN5O. The second-order valence-electron chi connectivity index (χ2n) is 5.55. The van der Waals surface area contributed by atoms with Crippen LogP contribution >= 0.6 is 11.6 Å². The number of halogens is 1. The van der Waals surface area contributed by atoms with Gasteiger partial charge in [-0.3, -0.25) is 0 Å². The van der Waals surface area contributed by atoms with Crippen molar-refractivity contribution in [3.63, 3.8) is 0 Å². The first-order valence-corrected chi connectivity index (χ1v) is 8.08. The molecule has 2 N–H and O–H groups in total. The maximum Gasteiger partial charge on any atom is 0.249 e. The molecule has 0 aliphatic carbocycles. The number of aromatic nitrogens is 3. The van der Waals surface area contributed by atoms with Crippen LogP contribution in [0.1, 0.15) is 11.1 Å². The van der Waals surface area contributed by atoms with Crippen LogP contribution in [-0.4, -0.2) is 22.3 Å². The van der Waals surface area contributed by atoms with Gasteiger partial charge in [0.2, 0.25) is 5.95 Å². The van der Waals surface area contributed by atoms with Crippen LogP contribution in [0.2, 0.25) is 5.02 Å². The Hall–Kier alpha value is -2.86. The summed E-state index contributed by atoms with van der Waals surface area (Å²) in [6.07, 6.45) is 1.54. The fraction of sp³-hybridized carbons (Fsp3) is 0.167. The smallest absolute Gasteiger partial charge is 0.249 e. The van der Waals surface area contributed by atoms with Gasteiger partial charge in [0.1, 0.15) is 5.75 Å². The SMILES string of the molecule is COc1ccccc1Nc1nncc(Nc2c(C)cc(C)cc2Cl)n1. The molecule has 3 aromatic rings. The molecule has 7 heteroatoms. The molecule has 1 aromatic heterocycles. The Labute approximate surface area is 151 Å². The van der Waals surface area contributed by atoms with Crippen molar-refractivity contribution in [2.75, 3.05) is 17.7 Å². The summed E-state index contributed by atoms with van der Waals surface area (Å²) in [5, 5.41) is 14.9. The standard InChI is InChI=1S/C18H18ClN5O/c1-11-8-12(2)17(13(19)9-11)22-16-10-20-24-18(23-16)21-14-6-4-5-7-15(14)25-3/h4-10H,1-3H3,(H2,21,22,23,24). The number of hydrogen-bond acceptors (Lipinski definition) is 6. The van der Waals surface area contributed by atoms with Gasteiger partial charge in [-0.25, -0.2) is 0 Å². The van der Waals surface area contributed by atoms with E-state index >= 15 is 0 Å². The number of hydrogen-bond donors (Lipinski definition) is 2. The maximum absolute atomic E-state index is 6.34. The summed E-state index contributed by atoms with van der Waals surface area (Å²) >= 11 is 6.34. The van der Waals surface area contributed by atoms with Crippen molar-refractivity contribution in [3.8, 4) is 5.75 Å². The van der Waals surface area contributed by atoms with E-state index < -0.39 is 0 Å². The number of nitrogens with zero attached hydrogens (tertiary/aromatic N) is 3. The fourth-order valence-electron chi connectivity index (χ4n) is 2.49. The molecule has 0 saturated heterocycles. The van der Waals surface area contributed by atoms with E-state index in [2.05, 4.69) is 31.9 Å². The summed E-state index contributed by atoms with van der Waals surface area (Å²) in [6.45, 7) is 3.99. The van der Waals surface area contributed by atoms with E-state index in [9.17, 15) is 0 Å². The van der Waals surface area contributed by atoms with Gasteiger partial charge in [0, 0.05) is 0 Å². The lowest BCUT2D eigenvalue weighted by Crippen LogP contribution is -2.04. The Morgan fingerprint density at radius 2 is 1.88 bits per heavy atom. The van der Waals surface area contributed by atoms with Gasteiger partial charge in [0.05, 0.1) is 29.7 Å². The normalized spacial score (nSPS) is 10.4. The lowest BCUT2D eigenvalue weighted by atomic mass is 10.1. The Morgan fingerprint density at radius 1 is 1.08 bits per heavy atom. The molecule has 0 aliphatic rings. The Kier molecular flexibility index (Phi) is 5.00. The summed E-state index contributed by atoms with van der Waals surface area (Å²) in [4.78, 5) is 4.43. The maximum atomic E-state index is 6.34. The molecule has 2 aromatic carbocycles. The summed E-state index contributed by atoms with van der Waals surface area (Å²) in [5.41, 5.74) is 3.69. The van der Waals surface area contributed by atoms with Gasteiger partial charge < -0.3 is 15.4 Å². The first-order chi connectivity index (χ1) is 12.1. The van der Waals surface area contributed by atoms with Crippen LogP contribution in [0.15, 0.2) is 42.6 Å². The lowest BCUT2D eigenvalue weighted by molar-refractivity contribution is 0.417. The molecule has 0 saturated carbocycles. The van der Waals surface area contributed by atoms with E-state index in [-0.39, 0.29) is 0 Å². The largest absolute Gasteiger partial charge is 0.495 e.